The van der Waals surface area contributed by atoms with Gasteiger partial charge >= 0.3 is 0 Å². The zero-order chi connectivity index (χ0) is 13.8. The van der Waals surface area contributed by atoms with Crippen molar-refractivity contribution < 1.29 is 5.11 Å². The standard InChI is InChI=1S/C16H27NO/c1-6-13(12-18)11-17(5)15-9-7-14(8-10-15)16(2,3)4/h7-10,13,18H,6,11-12H2,1-5H3. The molecule has 0 bridgehead atoms. The number of benzene rings is 1. The molecule has 0 aliphatic heterocycles. The average Bonchev–Trinajstić information content (AvgIpc) is 2.34. The van der Waals surface area contributed by atoms with Gasteiger partial charge in [0.1, 0.15) is 0 Å². The van der Waals surface area contributed by atoms with Crippen LogP contribution >= 0.6 is 0 Å². The van der Waals surface area contributed by atoms with Gasteiger partial charge in [0, 0.05) is 25.9 Å². The number of anilines is 1. The highest BCUT2D eigenvalue weighted by Gasteiger charge is 2.14. The van der Waals surface area contributed by atoms with Crippen molar-refractivity contribution in [1.82, 2.24) is 0 Å². The monoisotopic (exact) mass is 249 g/mol. The third-order valence-corrected chi connectivity index (χ3v) is 3.54. The molecule has 1 aromatic rings. The number of aliphatic hydroxyl groups is 1. The van der Waals surface area contributed by atoms with E-state index in [1.165, 1.54) is 11.3 Å². The molecule has 1 unspecified atom stereocenters. The third-order valence-electron chi connectivity index (χ3n) is 3.54. The summed E-state index contributed by atoms with van der Waals surface area (Å²) in [6.45, 7) is 9.97. The molecule has 102 valence electrons. The van der Waals surface area contributed by atoms with Crippen molar-refractivity contribution >= 4 is 5.69 Å². The first-order chi connectivity index (χ1) is 8.38. The summed E-state index contributed by atoms with van der Waals surface area (Å²) in [6, 6.07) is 8.74. The van der Waals surface area contributed by atoms with Gasteiger partial charge in [-0.3, -0.25) is 0 Å². The van der Waals surface area contributed by atoms with E-state index in [1.807, 2.05) is 0 Å². The zero-order valence-electron chi connectivity index (χ0n) is 12.4. The predicted octanol–water partition coefficient (Wildman–Crippen LogP) is 3.44. The van der Waals surface area contributed by atoms with Gasteiger partial charge in [0.05, 0.1) is 0 Å². The van der Waals surface area contributed by atoms with E-state index in [4.69, 9.17) is 0 Å². The maximum absolute atomic E-state index is 9.25. The van der Waals surface area contributed by atoms with E-state index >= 15 is 0 Å². The van der Waals surface area contributed by atoms with Crippen LogP contribution in [0.3, 0.4) is 0 Å². The molecule has 0 fully saturated rings. The minimum Gasteiger partial charge on any atom is -0.396 e. The fraction of sp³-hybridized carbons (Fsp3) is 0.625. The highest BCUT2D eigenvalue weighted by molar-refractivity contribution is 5.47. The Hall–Kier alpha value is -1.02. The van der Waals surface area contributed by atoms with Gasteiger partial charge in [0.25, 0.3) is 0 Å². The molecule has 0 amide bonds. The zero-order valence-corrected chi connectivity index (χ0v) is 12.4. The lowest BCUT2D eigenvalue weighted by atomic mass is 9.87. The summed E-state index contributed by atoms with van der Waals surface area (Å²) in [7, 11) is 2.09. The summed E-state index contributed by atoms with van der Waals surface area (Å²) < 4.78 is 0. The summed E-state index contributed by atoms with van der Waals surface area (Å²) in [5.74, 6) is 0.359. The van der Waals surface area contributed by atoms with Crippen LogP contribution in [0, 0.1) is 5.92 Å². The van der Waals surface area contributed by atoms with Gasteiger partial charge in [0.15, 0.2) is 0 Å². The second kappa shape index (κ2) is 6.24. The Kier molecular flexibility index (Phi) is 5.21. The van der Waals surface area contributed by atoms with E-state index in [9.17, 15) is 5.11 Å². The largest absolute Gasteiger partial charge is 0.396 e. The molecule has 1 atom stereocenters. The second-order valence-electron chi connectivity index (χ2n) is 6.13. The van der Waals surface area contributed by atoms with Gasteiger partial charge in [-0.1, -0.05) is 39.8 Å². The SMILES string of the molecule is CCC(CO)CN(C)c1ccc(C(C)(C)C)cc1. The molecule has 2 heteroatoms. The average molecular weight is 249 g/mol. The molecule has 0 aliphatic rings. The van der Waals surface area contributed by atoms with E-state index in [-0.39, 0.29) is 12.0 Å². The van der Waals surface area contributed by atoms with Crippen molar-refractivity contribution in [3.8, 4) is 0 Å². The minimum atomic E-state index is 0.203. The lowest BCUT2D eigenvalue weighted by Crippen LogP contribution is -2.27. The summed E-state index contributed by atoms with van der Waals surface area (Å²) in [5, 5.41) is 9.25. The maximum Gasteiger partial charge on any atom is 0.0476 e. The number of rotatable bonds is 5. The third kappa shape index (κ3) is 4.02. The van der Waals surface area contributed by atoms with Crippen molar-refractivity contribution in [2.45, 2.75) is 39.5 Å². The normalized spacial score (nSPS) is 13.4. The molecular weight excluding hydrogens is 222 g/mol. The molecule has 2 nitrogen and oxygen atoms in total. The fourth-order valence-corrected chi connectivity index (χ4v) is 2.02. The van der Waals surface area contributed by atoms with Crippen LogP contribution < -0.4 is 4.90 Å². The Morgan fingerprint density at radius 3 is 2.11 bits per heavy atom. The quantitative estimate of drug-likeness (QED) is 0.864. The number of hydrogen-bond donors (Lipinski definition) is 1. The van der Waals surface area contributed by atoms with Crippen LogP contribution in [0.5, 0.6) is 0 Å². The Morgan fingerprint density at radius 2 is 1.72 bits per heavy atom. The van der Waals surface area contributed by atoms with Gasteiger partial charge in [0.2, 0.25) is 0 Å². The summed E-state index contributed by atoms with van der Waals surface area (Å²) >= 11 is 0. The van der Waals surface area contributed by atoms with Crippen LogP contribution in [0.15, 0.2) is 24.3 Å². The molecule has 1 aromatic carbocycles. The lowest BCUT2D eigenvalue weighted by Gasteiger charge is -2.25. The predicted molar refractivity (Wildman–Crippen MR) is 79.3 cm³/mol. The Balaban J connectivity index is 2.73. The summed E-state index contributed by atoms with van der Waals surface area (Å²) in [5.41, 5.74) is 2.78. The number of hydrogen-bond acceptors (Lipinski definition) is 2. The topological polar surface area (TPSA) is 23.5 Å². The van der Waals surface area contributed by atoms with E-state index in [1.54, 1.807) is 0 Å². The van der Waals surface area contributed by atoms with E-state index in [0.29, 0.717) is 5.92 Å². The molecule has 0 saturated carbocycles. The fourth-order valence-electron chi connectivity index (χ4n) is 2.02. The van der Waals surface area contributed by atoms with Crippen LogP contribution in [0.2, 0.25) is 0 Å². The highest BCUT2D eigenvalue weighted by atomic mass is 16.3. The molecule has 0 spiro atoms. The van der Waals surface area contributed by atoms with Crippen LogP contribution in [-0.4, -0.2) is 25.3 Å². The first-order valence-corrected chi connectivity index (χ1v) is 6.81. The smallest absolute Gasteiger partial charge is 0.0476 e. The summed E-state index contributed by atoms with van der Waals surface area (Å²) in [4.78, 5) is 2.22. The molecule has 1 N–H and O–H groups in total. The van der Waals surface area contributed by atoms with Gasteiger partial charge in [-0.15, -0.1) is 0 Å². The molecule has 0 radical (unpaired) electrons. The van der Waals surface area contributed by atoms with Gasteiger partial charge in [-0.25, -0.2) is 0 Å². The Labute approximate surface area is 112 Å². The van der Waals surface area contributed by atoms with Gasteiger partial charge < -0.3 is 10.0 Å². The second-order valence-corrected chi connectivity index (χ2v) is 6.13. The summed E-state index contributed by atoms with van der Waals surface area (Å²) in [6.07, 6.45) is 1.01. The highest BCUT2D eigenvalue weighted by Crippen LogP contribution is 2.24. The Morgan fingerprint density at radius 1 is 1.17 bits per heavy atom. The van der Waals surface area contributed by atoms with Crippen LogP contribution in [-0.2, 0) is 5.41 Å². The molecule has 1 rings (SSSR count). The first-order valence-electron chi connectivity index (χ1n) is 6.81. The van der Waals surface area contributed by atoms with Crippen molar-refractivity contribution in [2.75, 3.05) is 25.1 Å². The molecule has 0 heterocycles. The molecule has 0 aromatic heterocycles. The van der Waals surface area contributed by atoms with Crippen LogP contribution in [0.1, 0.15) is 39.7 Å². The lowest BCUT2D eigenvalue weighted by molar-refractivity contribution is 0.225. The molecule has 0 aliphatic carbocycles. The van der Waals surface area contributed by atoms with E-state index in [0.717, 1.165) is 13.0 Å². The van der Waals surface area contributed by atoms with Crippen LogP contribution in [0.4, 0.5) is 5.69 Å². The van der Waals surface area contributed by atoms with Crippen molar-refractivity contribution in [3.05, 3.63) is 29.8 Å². The van der Waals surface area contributed by atoms with Crippen molar-refractivity contribution in [3.63, 3.8) is 0 Å². The molecular formula is C16H27NO. The molecule has 0 saturated heterocycles. The van der Waals surface area contributed by atoms with Crippen molar-refractivity contribution in [2.24, 2.45) is 5.92 Å². The van der Waals surface area contributed by atoms with E-state index in [2.05, 4.69) is 63.9 Å². The minimum absolute atomic E-state index is 0.203. The van der Waals surface area contributed by atoms with E-state index < -0.39 is 0 Å². The van der Waals surface area contributed by atoms with Crippen LogP contribution in [0.25, 0.3) is 0 Å². The number of nitrogens with zero attached hydrogens (tertiary/aromatic N) is 1. The first kappa shape index (κ1) is 15.0. The number of aliphatic hydroxyl groups excluding tert-OH is 1. The van der Waals surface area contributed by atoms with Crippen molar-refractivity contribution in [1.29, 1.82) is 0 Å². The van der Waals surface area contributed by atoms with Gasteiger partial charge in [-0.2, -0.15) is 0 Å². The maximum atomic E-state index is 9.25. The molecule has 18 heavy (non-hydrogen) atoms. The Bertz CT molecular complexity index is 346. The van der Waals surface area contributed by atoms with Gasteiger partial charge in [-0.05, 0) is 35.4 Å².